The van der Waals surface area contributed by atoms with Gasteiger partial charge in [0.25, 0.3) is 0 Å². The molecule has 1 saturated heterocycles. The van der Waals surface area contributed by atoms with E-state index < -0.39 is 0 Å². The quantitative estimate of drug-likeness (QED) is 0.323. The summed E-state index contributed by atoms with van der Waals surface area (Å²) in [7, 11) is -0.366. The van der Waals surface area contributed by atoms with Crippen molar-refractivity contribution in [2.75, 3.05) is 0 Å². The Balaban J connectivity index is 1.36. The molecule has 32 heavy (non-hydrogen) atoms. The van der Waals surface area contributed by atoms with Gasteiger partial charge in [-0.05, 0) is 79.0 Å². The van der Waals surface area contributed by atoms with Crippen molar-refractivity contribution in [3.63, 3.8) is 0 Å². The molecule has 2 heterocycles. The standard InChI is InChI=1S/C27H24BNO3/c1-26(2)27(3,4)32-28(31-26)22-12-11-19-13-21(10-9-20(19)14-22)25-29-23-15-17-7-5-6-8-18(17)16-24(23)30-25/h5-16H,1-4H3. The van der Waals surface area contributed by atoms with Gasteiger partial charge in [0.2, 0.25) is 5.89 Å². The molecule has 1 fully saturated rings. The monoisotopic (exact) mass is 421 g/mol. The van der Waals surface area contributed by atoms with Crippen molar-refractivity contribution in [3.05, 3.63) is 72.8 Å². The van der Waals surface area contributed by atoms with Crippen LogP contribution >= 0.6 is 0 Å². The Kier molecular flexibility index (Phi) is 4.08. The average molecular weight is 421 g/mol. The van der Waals surface area contributed by atoms with E-state index in [4.69, 9.17) is 18.7 Å². The molecular formula is C27H24BNO3. The minimum Gasteiger partial charge on any atom is -0.436 e. The van der Waals surface area contributed by atoms with E-state index in [0.717, 1.165) is 43.7 Å². The van der Waals surface area contributed by atoms with Crippen LogP contribution in [0.1, 0.15) is 27.7 Å². The molecule has 0 spiro atoms. The second kappa shape index (κ2) is 6.68. The molecule has 0 atom stereocenters. The Morgan fingerprint density at radius 3 is 2.06 bits per heavy atom. The highest BCUT2D eigenvalue weighted by Crippen LogP contribution is 2.37. The third-order valence-corrected chi connectivity index (χ3v) is 6.89. The molecule has 4 nitrogen and oxygen atoms in total. The summed E-state index contributed by atoms with van der Waals surface area (Å²) in [4.78, 5) is 4.75. The first kappa shape index (κ1) is 19.5. The Morgan fingerprint density at radius 2 is 1.31 bits per heavy atom. The topological polar surface area (TPSA) is 44.5 Å². The highest BCUT2D eigenvalue weighted by Gasteiger charge is 2.51. The lowest BCUT2D eigenvalue weighted by Crippen LogP contribution is -2.41. The number of benzene rings is 4. The molecule has 5 heteroatoms. The summed E-state index contributed by atoms with van der Waals surface area (Å²) >= 11 is 0. The number of rotatable bonds is 2. The molecule has 0 radical (unpaired) electrons. The second-order valence-electron chi connectivity index (χ2n) is 9.60. The zero-order chi connectivity index (χ0) is 22.1. The van der Waals surface area contributed by atoms with Crippen LogP contribution in [0, 0.1) is 0 Å². The van der Waals surface area contributed by atoms with Crippen LogP contribution < -0.4 is 5.46 Å². The zero-order valence-electron chi connectivity index (χ0n) is 18.7. The number of oxazole rings is 1. The van der Waals surface area contributed by atoms with Gasteiger partial charge >= 0.3 is 7.12 Å². The van der Waals surface area contributed by atoms with Gasteiger partial charge in [0, 0.05) is 5.56 Å². The molecular weight excluding hydrogens is 397 g/mol. The Labute approximate surface area is 187 Å². The fourth-order valence-electron chi connectivity index (χ4n) is 4.26. The lowest BCUT2D eigenvalue weighted by molar-refractivity contribution is 0.00578. The molecule has 1 aromatic heterocycles. The molecule has 1 aliphatic heterocycles. The summed E-state index contributed by atoms with van der Waals surface area (Å²) in [5.74, 6) is 0.632. The lowest BCUT2D eigenvalue weighted by atomic mass is 9.78. The van der Waals surface area contributed by atoms with Crippen molar-refractivity contribution in [2.24, 2.45) is 0 Å². The zero-order valence-corrected chi connectivity index (χ0v) is 18.7. The summed E-state index contributed by atoms with van der Waals surface area (Å²) in [6, 6.07) is 25.0. The van der Waals surface area contributed by atoms with Crippen LogP contribution in [0.25, 0.3) is 44.1 Å². The summed E-state index contributed by atoms with van der Waals surface area (Å²) in [6.45, 7) is 8.29. The van der Waals surface area contributed by atoms with E-state index in [9.17, 15) is 0 Å². The second-order valence-corrected chi connectivity index (χ2v) is 9.60. The number of hydrogen-bond donors (Lipinski definition) is 0. The van der Waals surface area contributed by atoms with Crippen LogP contribution in [0.2, 0.25) is 0 Å². The van der Waals surface area contributed by atoms with E-state index in [1.165, 1.54) is 0 Å². The molecule has 0 unspecified atom stereocenters. The van der Waals surface area contributed by atoms with Gasteiger partial charge in [0.1, 0.15) is 5.52 Å². The molecule has 0 N–H and O–H groups in total. The maximum absolute atomic E-state index is 6.21. The lowest BCUT2D eigenvalue weighted by Gasteiger charge is -2.32. The van der Waals surface area contributed by atoms with E-state index in [2.05, 4.69) is 88.4 Å². The molecule has 6 rings (SSSR count). The van der Waals surface area contributed by atoms with E-state index in [1.54, 1.807) is 0 Å². The third kappa shape index (κ3) is 3.04. The molecule has 0 amide bonds. The van der Waals surface area contributed by atoms with Crippen molar-refractivity contribution in [1.29, 1.82) is 0 Å². The third-order valence-electron chi connectivity index (χ3n) is 6.89. The predicted octanol–water partition coefficient (Wildman–Crippen LogP) is 6.10. The van der Waals surface area contributed by atoms with Gasteiger partial charge in [-0.1, -0.05) is 48.5 Å². The molecule has 1 aliphatic rings. The van der Waals surface area contributed by atoms with Gasteiger partial charge in [-0.25, -0.2) is 4.98 Å². The van der Waals surface area contributed by atoms with Gasteiger partial charge in [-0.15, -0.1) is 0 Å². The minimum absolute atomic E-state index is 0.353. The van der Waals surface area contributed by atoms with Crippen molar-refractivity contribution >= 4 is 45.2 Å². The van der Waals surface area contributed by atoms with Crippen LogP contribution in [0.4, 0.5) is 0 Å². The largest absolute Gasteiger partial charge is 0.494 e. The maximum atomic E-state index is 6.21. The predicted molar refractivity (Wildman–Crippen MR) is 130 cm³/mol. The van der Waals surface area contributed by atoms with Crippen LogP contribution in [-0.4, -0.2) is 23.3 Å². The van der Waals surface area contributed by atoms with Crippen molar-refractivity contribution in [1.82, 2.24) is 4.98 Å². The molecule has 5 aromatic rings. The molecule has 158 valence electrons. The average Bonchev–Trinajstić information content (AvgIpc) is 3.27. The minimum atomic E-state index is -0.366. The fraction of sp³-hybridized carbons (Fsp3) is 0.222. The first-order valence-corrected chi connectivity index (χ1v) is 11.0. The smallest absolute Gasteiger partial charge is 0.436 e. The highest BCUT2D eigenvalue weighted by atomic mass is 16.7. The van der Waals surface area contributed by atoms with E-state index in [1.807, 2.05) is 12.1 Å². The van der Waals surface area contributed by atoms with Gasteiger partial charge in [0.05, 0.1) is 11.2 Å². The van der Waals surface area contributed by atoms with E-state index in [0.29, 0.717) is 5.89 Å². The van der Waals surface area contributed by atoms with Crippen LogP contribution in [0.5, 0.6) is 0 Å². The first-order valence-electron chi connectivity index (χ1n) is 11.0. The normalized spacial score (nSPS) is 17.6. The Bertz CT molecular complexity index is 1430. The number of hydrogen-bond acceptors (Lipinski definition) is 4. The van der Waals surface area contributed by atoms with Gasteiger partial charge < -0.3 is 13.7 Å². The van der Waals surface area contributed by atoms with Crippen LogP contribution in [0.15, 0.2) is 77.2 Å². The number of fused-ring (bicyclic) bond motifs is 3. The molecule has 0 saturated carbocycles. The molecule has 0 bridgehead atoms. The summed E-state index contributed by atoms with van der Waals surface area (Å²) in [5, 5.41) is 4.56. The van der Waals surface area contributed by atoms with Crippen molar-refractivity contribution in [3.8, 4) is 11.5 Å². The maximum Gasteiger partial charge on any atom is 0.494 e. The van der Waals surface area contributed by atoms with E-state index >= 15 is 0 Å². The first-order chi connectivity index (χ1) is 15.3. The Hall–Kier alpha value is -3.15. The van der Waals surface area contributed by atoms with Crippen molar-refractivity contribution < 1.29 is 13.7 Å². The SMILES string of the molecule is CC1(C)OB(c2ccc3cc(-c4nc5cc6ccccc6cc5o4)ccc3c2)OC1(C)C. The van der Waals surface area contributed by atoms with Gasteiger partial charge in [0.15, 0.2) is 5.58 Å². The van der Waals surface area contributed by atoms with Crippen LogP contribution in [0.3, 0.4) is 0 Å². The summed E-state index contributed by atoms with van der Waals surface area (Å²) in [5.41, 5.74) is 2.95. The highest BCUT2D eigenvalue weighted by molar-refractivity contribution is 6.62. The fourth-order valence-corrected chi connectivity index (χ4v) is 4.26. The number of aromatic nitrogens is 1. The number of nitrogens with zero attached hydrogens (tertiary/aromatic N) is 1. The molecule has 0 aliphatic carbocycles. The van der Waals surface area contributed by atoms with Gasteiger partial charge in [-0.2, -0.15) is 0 Å². The van der Waals surface area contributed by atoms with Gasteiger partial charge in [-0.3, -0.25) is 0 Å². The summed E-state index contributed by atoms with van der Waals surface area (Å²) < 4.78 is 18.5. The molecule has 4 aromatic carbocycles. The van der Waals surface area contributed by atoms with E-state index in [-0.39, 0.29) is 18.3 Å². The Morgan fingerprint density at radius 1 is 0.688 bits per heavy atom. The summed E-state index contributed by atoms with van der Waals surface area (Å²) in [6.07, 6.45) is 0. The van der Waals surface area contributed by atoms with Crippen LogP contribution in [-0.2, 0) is 9.31 Å². The van der Waals surface area contributed by atoms with Crippen molar-refractivity contribution in [2.45, 2.75) is 38.9 Å².